The second-order valence-electron chi connectivity index (χ2n) is 6.51. The molecular formula is C25H20O4. The van der Waals surface area contributed by atoms with Gasteiger partial charge >= 0.3 is 5.63 Å². The fourth-order valence-corrected chi connectivity index (χ4v) is 3.23. The monoisotopic (exact) mass is 384 g/mol. The first-order chi connectivity index (χ1) is 14.2. The zero-order chi connectivity index (χ0) is 20.2. The van der Waals surface area contributed by atoms with E-state index >= 15 is 0 Å². The van der Waals surface area contributed by atoms with Crippen molar-refractivity contribution < 1.29 is 13.9 Å². The minimum Gasteiger partial charge on any atom is -0.497 e. The van der Waals surface area contributed by atoms with Gasteiger partial charge in [-0.25, -0.2) is 4.79 Å². The molecule has 0 aliphatic carbocycles. The normalized spacial score (nSPS) is 10.6. The van der Waals surface area contributed by atoms with Gasteiger partial charge in [-0.3, -0.25) is 0 Å². The van der Waals surface area contributed by atoms with Crippen LogP contribution in [-0.2, 0) is 0 Å². The molecule has 4 rings (SSSR count). The highest BCUT2D eigenvalue weighted by atomic mass is 16.5. The molecule has 0 bridgehead atoms. The van der Waals surface area contributed by atoms with Crippen LogP contribution in [0.3, 0.4) is 0 Å². The molecule has 0 amide bonds. The van der Waals surface area contributed by atoms with Crippen molar-refractivity contribution in [2.45, 2.75) is 0 Å². The van der Waals surface area contributed by atoms with Crippen molar-refractivity contribution in [1.29, 1.82) is 0 Å². The molecule has 0 fully saturated rings. The number of benzene rings is 3. The minimum absolute atomic E-state index is 0.376. The van der Waals surface area contributed by atoms with Gasteiger partial charge in [-0.05, 0) is 53.6 Å². The summed E-state index contributed by atoms with van der Waals surface area (Å²) in [6.07, 6.45) is 0. The Labute approximate surface area is 169 Å². The van der Waals surface area contributed by atoms with E-state index in [4.69, 9.17) is 13.9 Å². The Kier molecular flexibility index (Phi) is 5.16. The van der Waals surface area contributed by atoms with E-state index in [0.29, 0.717) is 11.3 Å². The first-order valence-corrected chi connectivity index (χ1v) is 9.22. The van der Waals surface area contributed by atoms with Crippen molar-refractivity contribution in [2.75, 3.05) is 14.2 Å². The predicted molar refractivity (Wildman–Crippen MR) is 114 cm³/mol. The molecular weight excluding hydrogens is 364 g/mol. The van der Waals surface area contributed by atoms with Gasteiger partial charge in [0.25, 0.3) is 0 Å². The van der Waals surface area contributed by atoms with Crippen LogP contribution in [0.1, 0.15) is 0 Å². The van der Waals surface area contributed by atoms with E-state index in [9.17, 15) is 4.79 Å². The fourth-order valence-electron chi connectivity index (χ4n) is 3.23. The van der Waals surface area contributed by atoms with Gasteiger partial charge in [-0.1, -0.05) is 42.5 Å². The molecule has 1 aromatic heterocycles. The van der Waals surface area contributed by atoms with Crippen LogP contribution in [-0.4, -0.2) is 14.2 Å². The molecule has 29 heavy (non-hydrogen) atoms. The first kappa shape index (κ1) is 18.6. The third-order valence-corrected chi connectivity index (χ3v) is 4.79. The van der Waals surface area contributed by atoms with E-state index in [0.717, 1.165) is 33.8 Å². The largest absolute Gasteiger partial charge is 0.497 e. The Morgan fingerprint density at radius 3 is 1.69 bits per heavy atom. The van der Waals surface area contributed by atoms with E-state index in [2.05, 4.69) is 0 Å². The highest BCUT2D eigenvalue weighted by Crippen LogP contribution is 2.35. The quantitative estimate of drug-likeness (QED) is 0.446. The lowest BCUT2D eigenvalue weighted by Crippen LogP contribution is -2.05. The number of hydrogen-bond acceptors (Lipinski definition) is 4. The van der Waals surface area contributed by atoms with Gasteiger partial charge in [0.05, 0.1) is 19.8 Å². The average molecular weight is 384 g/mol. The molecule has 0 radical (unpaired) electrons. The number of ether oxygens (including phenoxy) is 2. The standard InChI is InChI=1S/C25H20O4/c1-27-20-12-8-18(9-13-20)22-16-23(17-6-4-3-5-7-17)25(26)29-24(22)19-10-14-21(28-2)15-11-19/h3-16H,1-2H3. The van der Waals surface area contributed by atoms with Crippen molar-refractivity contribution in [3.63, 3.8) is 0 Å². The van der Waals surface area contributed by atoms with Gasteiger partial charge < -0.3 is 13.9 Å². The SMILES string of the molecule is COc1ccc(-c2cc(-c3ccccc3)c(=O)oc2-c2ccc(OC)cc2)cc1. The summed E-state index contributed by atoms with van der Waals surface area (Å²) < 4.78 is 16.3. The molecule has 0 N–H and O–H groups in total. The van der Waals surface area contributed by atoms with Crippen molar-refractivity contribution in [3.05, 3.63) is 95.3 Å². The van der Waals surface area contributed by atoms with Gasteiger partial charge in [0.2, 0.25) is 0 Å². The molecule has 0 saturated carbocycles. The minimum atomic E-state index is -0.376. The first-order valence-electron chi connectivity index (χ1n) is 9.22. The molecule has 4 aromatic rings. The van der Waals surface area contributed by atoms with Gasteiger partial charge in [0.15, 0.2) is 0 Å². The van der Waals surface area contributed by atoms with Crippen molar-refractivity contribution in [3.8, 4) is 45.1 Å². The maximum atomic E-state index is 12.8. The Hall–Kier alpha value is -3.79. The van der Waals surface area contributed by atoms with Gasteiger partial charge in [-0.2, -0.15) is 0 Å². The summed E-state index contributed by atoms with van der Waals surface area (Å²) >= 11 is 0. The van der Waals surface area contributed by atoms with Crippen molar-refractivity contribution >= 4 is 0 Å². The second kappa shape index (κ2) is 8.07. The lowest BCUT2D eigenvalue weighted by molar-refractivity contribution is 0.414. The van der Waals surface area contributed by atoms with Crippen LogP contribution in [0.25, 0.3) is 33.6 Å². The summed E-state index contributed by atoms with van der Waals surface area (Å²) in [4.78, 5) is 12.8. The molecule has 0 aliphatic rings. The van der Waals surface area contributed by atoms with Crippen LogP contribution in [0.5, 0.6) is 11.5 Å². The molecule has 4 heteroatoms. The molecule has 0 aliphatic heterocycles. The lowest BCUT2D eigenvalue weighted by atomic mass is 9.97. The van der Waals surface area contributed by atoms with Crippen molar-refractivity contribution in [1.82, 2.24) is 0 Å². The molecule has 0 atom stereocenters. The summed E-state index contributed by atoms with van der Waals surface area (Å²) in [6.45, 7) is 0. The highest BCUT2D eigenvalue weighted by molar-refractivity contribution is 5.83. The van der Waals surface area contributed by atoms with Crippen LogP contribution in [0.15, 0.2) is 94.1 Å². The molecule has 0 saturated heterocycles. The maximum Gasteiger partial charge on any atom is 0.344 e. The van der Waals surface area contributed by atoms with E-state index in [1.807, 2.05) is 84.9 Å². The summed E-state index contributed by atoms with van der Waals surface area (Å²) in [6, 6.07) is 26.6. The zero-order valence-corrected chi connectivity index (χ0v) is 16.2. The van der Waals surface area contributed by atoms with Crippen LogP contribution in [0, 0.1) is 0 Å². The summed E-state index contributed by atoms with van der Waals surface area (Å²) in [5.41, 5.74) is 3.52. The van der Waals surface area contributed by atoms with Crippen LogP contribution in [0.4, 0.5) is 0 Å². The topological polar surface area (TPSA) is 48.7 Å². The Bertz CT molecular complexity index is 1160. The second-order valence-corrected chi connectivity index (χ2v) is 6.51. The van der Waals surface area contributed by atoms with E-state index in [1.165, 1.54) is 0 Å². The van der Waals surface area contributed by atoms with Crippen molar-refractivity contribution in [2.24, 2.45) is 0 Å². The van der Waals surface area contributed by atoms with E-state index < -0.39 is 0 Å². The molecule has 4 nitrogen and oxygen atoms in total. The number of hydrogen-bond donors (Lipinski definition) is 0. The Morgan fingerprint density at radius 1 is 0.621 bits per heavy atom. The summed E-state index contributed by atoms with van der Waals surface area (Å²) in [5.74, 6) is 2.02. The molecule has 0 unspecified atom stereocenters. The van der Waals surface area contributed by atoms with E-state index in [-0.39, 0.29) is 5.63 Å². The van der Waals surface area contributed by atoms with E-state index in [1.54, 1.807) is 14.2 Å². The van der Waals surface area contributed by atoms with Gasteiger partial charge in [0.1, 0.15) is 17.3 Å². The summed E-state index contributed by atoms with van der Waals surface area (Å²) in [5, 5.41) is 0. The van der Waals surface area contributed by atoms with Crippen LogP contribution in [0.2, 0.25) is 0 Å². The molecule has 1 heterocycles. The molecule has 0 spiro atoms. The maximum absolute atomic E-state index is 12.8. The Morgan fingerprint density at radius 2 is 1.14 bits per heavy atom. The molecule has 3 aromatic carbocycles. The smallest absolute Gasteiger partial charge is 0.344 e. The number of methoxy groups -OCH3 is 2. The molecule has 144 valence electrons. The highest BCUT2D eigenvalue weighted by Gasteiger charge is 2.16. The number of rotatable bonds is 5. The predicted octanol–water partition coefficient (Wildman–Crippen LogP) is 5.66. The fraction of sp³-hybridized carbons (Fsp3) is 0.0800. The van der Waals surface area contributed by atoms with Crippen LogP contribution >= 0.6 is 0 Å². The van der Waals surface area contributed by atoms with Gasteiger partial charge in [0, 0.05) is 11.1 Å². The third kappa shape index (κ3) is 3.78. The van der Waals surface area contributed by atoms with Crippen LogP contribution < -0.4 is 15.1 Å². The Balaban J connectivity index is 1.93. The lowest BCUT2D eigenvalue weighted by Gasteiger charge is -2.12. The zero-order valence-electron chi connectivity index (χ0n) is 16.2. The van der Waals surface area contributed by atoms with Gasteiger partial charge in [-0.15, -0.1) is 0 Å². The summed E-state index contributed by atoms with van der Waals surface area (Å²) in [7, 11) is 3.25. The third-order valence-electron chi connectivity index (χ3n) is 4.79. The average Bonchev–Trinajstić information content (AvgIpc) is 2.79.